The van der Waals surface area contributed by atoms with E-state index < -0.39 is 0 Å². The molecule has 5 rings (SSSR count). The number of fused-ring (bicyclic) bond motifs is 3. The van der Waals surface area contributed by atoms with Crippen LogP contribution in [0.4, 0.5) is 0 Å². The van der Waals surface area contributed by atoms with Crippen LogP contribution < -0.4 is 9.47 Å². The summed E-state index contributed by atoms with van der Waals surface area (Å²) >= 11 is 0. The molecule has 30 heavy (non-hydrogen) atoms. The van der Waals surface area contributed by atoms with E-state index in [1.165, 1.54) is 5.56 Å². The minimum Gasteiger partial charge on any atom is -0.493 e. The summed E-state index contributed by atoms with van der Waals surface area (Å²) in [6.07, 6.45) is 0.551. The van der Waals surface area contributed by atoms with Gasteiger partial charge in [0.25, 0.3) is 0 Å². The summed E-state index contributed by atoms with van der Waals surface area (Å²) in [6.45, 7) is 4.42. The largest absolute Gasteiger partial charge is 0.493 e. The summed E-state index contributed by atoms with van der Waals surface area (Å²) in [5.74, 6) is 2.09. The van der Waals surface area contributed by atoms with Gasteiger partial charge in [0.2, 0.25) is 6.23 Å². The average molecular weight is 399 g/mol. The number of nitrogens with zero attached hydrogens (tertiary/aromatic N) is 2. The number of hydrogen-bond donors (Lipinski definition) is 0. The molecule has 0 unspecified atom stereocenters. The number of hydrogen-bond acceptors (Lipinski definition) is 4. The number of rotatable bonds is 4. The maximum Gasteiger partial charge on any atom is 0.214 e. The third-order valence-electron chi connectivity index (χ3n) is 6.00. The topological polar surface area (TPSA) is 34.1 Å². The molecule has 0 bridgehead atoms. The van der Waals surface area contributed by atoms with E-state index in [0.717, 1.165) is 40.3 Å². The highest BCUT2D eigenvalue weighted by atomic mass is 16.5. The second-order valence-corrected chi connectivity index (χ2v) is 8.18. The molecule has 4 heteroatoms. The van der Waals surface area contributed by atoms with E-state index in [9.17, 15) is 0 Å². The molecule has 2 aliphatic rings. The van der Waals surface area contributed by atoms with Crippen LogP contribution in [0.1, 0.15) is 60.7 Å². The second kappa shape index (κ2) is 7.52. The van der Waals surface area contributed by atoms with Crippen LogP contribution in [-0.4, -0.2) is 17.8 Å². The first-order valence-corrected chi connectivity index (χ1v) is 10.5. The Hall–Kier alpha value is -3.27. The fourth-order valence-corrected chi connectivity index (χ4v) is 4.32. The fraction of sp³-hybridized carbons (Fsp3) is 0.269. The van der Waals surface area contributed by atoms with Crippen molar-refractivity contribution in [1.29, 1.82) is 0 Å². The number of hydrazone groups is 1. The Kier molecular flexibility index (Phi) is 4.70. The molecule has 2 heterocycles. The van der Waals surface area contributed by atoms with Gasteiger partial charge in [0.05, 0.1) is 18.9 Å². The van der Waals surface area contributed by atoms with Gasteiger partial charge in [0, 0.05) is 17.5 Å². The van der Waals surface area contributed by atoms with Crippen LogP contribution in [0.5, 0.6) is 11.5 Å². The molecule has 4 nitrogen and oxygen atoms in total. The lowest BCUT2D eigenvalue weighted by atomic mass is 9.95. The summed E-state index contributed by atoms with van der Waals surface area (Å²) in [5.41, 5.74) is 5.78. The van der Waals surface area contributed by atoms with Crippen molar-refractivity contribution in [2.75, 3.05) is 7.11 Å². The lowest BCUT2D eigenvalue weighted by Gasteiger charge is -2.38. The molecular weight excluding hydrogens is 372 g/mol. The Morgan fingerprint density at radius 3 is 2.43 bits per heavy atom. The monoisotopic (exact) mass is 398 g/mol. The molecule has 0 fully saturated rings. The molecule has 0 amide bonds. The van der Waals surface area contributed by atoms with Crippen molar-refractivity contribution in [3.8, 4) is 11.5 Å². The van der Waals surface area contributed by atoms with Crippen LogP contribution in [0.15, 0.2) is 77.9 Å². The standard InChI is InChI=1S/C26H26N2O2/c1-17(2)18-12-14-20(15-13-18)26-28-23(16-22(27-28)19-8-5-4-6-9-19)21-10-7-11-24(29-3)25(21)30-26/h4-15,17,23,26H,16H2,1-3H3/t23-,26+/m1/s1. The summed E-state index contributed by atoms with van der Waals surface area (Å²) in [6, 6.07) is 25.3. The second-order valence-electron chi connectivity index (χ2n) is 8.18. The van der Waals surface area contributed by atoms with Crippen LogP contribution in [-0.2, 0) is 0 Å². The van der Waals surface area contributed by atoms with Crippen LogP contribution in [0.25, 0.3) is 0 Å². The van der Waals surface area contributed by atoms with Gasteiger partial charge >= 0.3 is 0 Å². The number of ether oxygens (including phenoxy) is 2. The Labute approximate surface area is 177 Å². The van der Waals surface area contributed by atoms with E-state index in [-0.39, 0.29) is 12.3 Å². The maximum absolute atomic E-state index is 6.53. The third kappa shape index (κ3) is 3.13. The fourth-order valence-electron chi connectivity index (χ4n) is 4.32. The molecule has 2 aliphatic heterocycles. The van der Waals surface area contributed by atoms with Gasteiger partial charge < -0.3 is 9.47 Å². The van der Waals surface area contributed by atoms with Crippen molar-refractivity contribution in [1.82, 2.24) is 5.01 Å². The Morgan fingerprint density at radius 1 is 0.967 bits per heavy atom. The summed E-state index contributed by atoms with van der Waals surface area (Å²) in [7, 11) is 1.69. The Morgan fingerprint density at radius 2 is 1.73 bits per heavy atom. The molecule has 0 saturated carbocycles. The zero-order valence-corrected chi connectivity index (χ0v) is 17.6. The van der Waals surface area contributed by atoms with Gasteiger partial charge in [0.15, 0.2) is 11.5 Å². The van der Waals surface area contributed by atoms with E-state index in [2.05, 4.69) is 73.5 Å². The number of para-hydroxylation sites is 1. The Bertz CT molecular complexity index is 1070. The SMILES string of the molecule is COc1cccc2c1O[C@@H](c1ccc(C(C)C)cc1)N1N=C(c3ccccc3)C[C@H]21. The van der Waals surface area contributed by atoms with Crippen molar-refractivity contribution in [2.24, 2.45) is 5.10 Å². The third-order valence-corrected chi connectivity index (χ3v) is 6.00. The van der Waals surface area contributed by atoms with Crippen LogP contribution in [0.3, 0.4) is 0 Å². The first kappa shape index (κ1) is 18.7. The van der Waals surface area contributed by atoms with Crippen LogP contribution in [0.2, 0.25) is 0 Å². The van der Waals surface area contributed by atoms with E-state index in [1.807, 2.05) is 18.2 Å². The predicted octanol–water partition coefficient (Wildman–Crippen LogP) is 6.06. The summed E-state index contributed by atoms with van der Waals surface area (Å²) in [5, 5.41) is 7.15. The van der Waals surface area contributed by atoms with Crippen LogP contribution >= 0.6 is 0 Å². The van der Waals surface area contributed by atoms with E-state index >= 15 is 0 Å². The molecule has 0 radical (unpaired) electrons. The maximum atomic E-state index is 6.53. The molecule has 0 aliphatic carbocycles. The number of methoxy groups -OCH3 is 1. The molecule has 0 spiro atoms. The highest BCUT2D eigenvalue weighted by molar-refractivity contribution is 6.01. The van der Waals surface area contributed by atoms with Gasteiger partial charge in [-0.3, -0.25) is 0 Å². The van der Waals surface area contributed by atoms with Crippen LogP contribution in [0, 0.1) is 0 Å². The minimum absolute atomic E-state index is 0.119. The van der Waals surface area contributed by atoms with Crippen molar-refractivity contribution >= 4 is 5.71 Å². The normalized spacial score (nSPS) is 19.7. The van der Waals surface area contributed by atoms with Crippen molar-refractivity contribution < 1.29 is 9.47 Å². The van der Waals surface area contributed by atoms with Gasteiger partial charge in [-0.25, -0.2) is 5.01 Å². The summed E-state index contributed by atoms with van der Waals surface area (Å²) < 4.78 is 12.2. The molecule has 152 valence electrons. The zero-order valence-electron chi connectivity index (χ0n) is 17.6. The van der Waals surface area contributed by atoms with Gasteiger partial charge in [-0.05, 0) is 23.1 Å². The predicted molar refractivity (Wildman–Crippen MR) is 119 cm³/mol. The molecule has 2 atom stereocenters. The zero-order chi connectivity index (χ0) is 20.7. The van der Waals surface area contributed by atoms with E-state index in [4.69, 9.17) is 14.6 Å². The minimum atomic E-state index is -0.291. The average Bonchev–Trinajstić information content (AvgIpc) is 3.24. The smallest absolute Gasteiger partial charge is 0.214 e. The van der Waals surface area contributed by atoms with E-state index in [0.29, 0.717) is 5.92 Å². The highest BCUT2D eigenvalue weighted by Crippen LogP contribution is 2.50. The van der Waals surface area contributed by atoms with Gasteiger partial charge in [-0.15, -0.1) is 0 Å². The van der Waals surface area contributed by atoms with Crippen molar-refractivity contribution in [3.63, 3.8) is 0 Å². The lowest BCUT2D eigenvalue weighted by molar-refractivity contribution is -0.0209. The summed E-state index contributed by atoms with van der Waals surface area (Å²) in [4.78, 5) is 0. The molecular formula is C26H26N2O2. The lowest BCUT2D eigenvalue weighted by Crippen LogP contribution is -2.33. The molecule has 0 saturated heterocycles. The Balaban J connectivity index is 1.59. The highest BCUT2D eigenvalue weighted by Gasteiger charge is 2.42. The molecule has 0 N–H and O–H groups in total. The molecule has 0 aromatic heterocycles. The first-order chi connectivity index (χ1) is 14.7. The van der Waals surface area contributed by atoms with Gasteiger partial charge in [0.1, 0.15) is 0 Å². The molecule has 3 aromatic rings. The number of benzene rings is 3. The quantitative estimate of drug-likeness (QED) is 0.536. The van der Waals surface area contributed by atoms with E-state index in [1.54, 1.807) is 7.11 Å². The first-order valence-electron chi connectivity index (χ1n) is 10.5. The van der Waals surface area contributed by atoms with Crippen molar-refractivity contribution in [2.45, 2.75) is 38.5 Å². The molecule has 3 aromatic carbocycles. The van der Waals surface area contributed by atoms with Crippen molar-refractivity contribution in [3.05, 3.63) is 95.1 Å². The van der Waals surface area contributed by atoms with Gasteiger partial charge in [-0.2, -0.15) is 5.10 Å². The van der Waals surface area contributed by atoms with Gasteiger partial charge in [-0.1, -0.05) is 80.6 Å².